The molecule has 0 saturated carbocycles. The minimum atomic E-state index is 0.550. The molecule has 1 aliphatic rings. The number of hydrogen-bond donors (Lipinski definition) is 0. The fourth-order valence-corrected chi connectivity index (χ4v) is 3.61. The lowest BCUT2D eigenvalue weighted by atomic mass is 10.2. The first kappa shape index (κ1) is 14.5. The third kappa shape index (κ3) is 2.77. The molecule has 0 bridgehead atoms. The Kier molecular flexibility index (Phi) is 3.65. The first-order valence-corrected chi connectivity index (χ1v) is 8.34. The summed E-state index contributed by atoms with van der Waals surface area (Å²) in [5, 5.41) is 4.44. The van der Waals surface area contributed by atoms with Gasteiger partial charge in [-0.05, 0) is 44.0 Å². The molecule has 0 radical (unpaired) electrons. The lowest BCUT2D eigenvalue weighted by molar-refractivity contribution is 0.212. The summed E-state index contributed by atoms with van der Waals surface area (Å²) < 4.78 is 4.30. The second-order valence-corrected chi connectivity index (χ2v) is 6.58. The third-order valence-electron chi connectivity index (χ3n) is 4.88. The number of benzene rings is 1. The second-order valence-electron chi connectivity index (χ2n) is 6.58. The molecule has 0 N–H and O–H groups in total. The lowest BCUT2D eigenvalue weighted by Gasteiger charge is -2.24. The van der Waals surface area contributed by atoms with E-state index in [4.69, 9.17) is 4.98 Å². The van der Waals surface area contributed by atoms with E-state index in [1.807, 2.05) is 6.20 Å². The van der Waals surface area contributed by atoms with Gasteiger partial charge in [-0.25, -0.2) is 4.98 Å². The Balaban J connectivity index is 1.53. The molecule has 0 spiro atoms. The summed E-state index contributed by atoms with van der Waals surface area (Å²) in [5.74, 6) is 1.15. The molecule has 1 atom stereocenters. The zero-order valence-electron chi connectivity index (χ0n) is 13.8. The zero-order valence-corrected chi connectivity index (χ0v) is 13.8. The van der Waals surface area contributed by atoms with Crippen LogP contribution in [0.1, 0.15) is 24.2 Å². The van der Waals surface area contributed by atoms with Crippen molar-refractivity contribution in [3.63, 3.8) is 0 Å². The third-order valence-corrected chi connectivity index (χ3v) is 4.88. The van der Waals surface area contributed by atoms with Gasteiger partial charge in [0.2, 0.25) is 0 Å². The van der Waals surface area contributed by atoms with Gasteiger partial charge in [-0.15, -0.1) is 0 Å². The topological polar surface area (TPSA) is 38.9 Å². The summed E-state index contributed by atoms with van der Waals surface area (Å²) in [5.41, 5.74) is 3.52. The molecular formula is C18H23N5. The molecule has 0 unspecified atom stereocenters. The second kappa shape index (κ2) is 5.81. The number of imidazole rings is 1. The predicted molar refractivity (Wildman–Crippen MR) is 91.1 cm³/mol. The standard InChI is InChI=1S/C18H23N5/c1-14-10-19-23(11-14)12-15-6-5-9-22(15)13-18-20-16-7-3-4-8-17(16)21(18)2/h3-4,7-8,10-11,15H,5-6,9,12-13H2,1-2H3/t15-/m0/s1. The molecule has 3 heterocycles. The number of likely N-dealkylation sites (tertiary alicyclic amines) is 1. The maximum atomic E-state index is 4.82. The molecule has 4 rings (SSSR count). The van der Waals surface area contributed by atoms with E-state index in [1.165, 1.54) is 23.9 Å². The van der Waals surface area contributed by atoms with Crippen LogP contribution in [0.2, 0.25) is 0 Å². The van der Waals surface area contributed by atoms with Gasteiger partial charge in [0.1, 0.15) is 5.82 Å². The Bertz CT molecular complexity index is 816. The molecule has 0 aliphatic carbocycles. The molecule has 0 amide bonds. The Morgan fingerprint density at radius 2 is 2.13 bits per heavy atom. The summed E-state index contributed by atoms with van der Waals surface area (Å²) >= 11 is 0. The highest BCUT2D eigenvalue weighted by atomic mass is 15.3. The fourth-order valence-electron chi connectivity index (χ4n) is 3.61. The Labute approximate surface area is 136 Å². The highest BCUT2D eigenvalue weighted by molar-refractivity contribution is 5.75. The molecule has 3 aromatic rings. The van der Waals surface area contributed by atoms with Crippen molar-refractivity contribution in [2.75, 3.05) is 6.54 Å². The Morgan fingerprint density at radius 3 is 2.91 bits per heavy atom. The molecule has 1 fully saturated rings. The van der Waals surface area contributed by atoms with Crippen LogP contribution in [0.5, 0.6) is 0 Å². The lowest BCUT2D eigenvalue weighted by Crippen LogP contribution is -2.33. The van der Waals surface area contributed by atoms with Gasteiger partial charge in [-0.1, -0.05) is 12.1 Å². The smallest absolute Gasteiger partial charge is 0.123 e. The molecule has 2 aromatic heterocycles. The quantitative estimate of drug-likeness (QED) is 0.744. The summed E-state index contributed by atoms with van der Waals surface area (Å²) in [6.07, 6.45) is 6.56. The number of hydrogen-bond acceptors (Lipinski definition) is 3. The van der Waals surface area contributed by atoms with Crippen molar-refractivity contribution in [2.24, 2.45) is 7.05 Å². The van der Waals surface area contributed by atoms with Gasteiger partial charge in [0.05, 0.1) is 30.3 Å². The van der Waals surface area contributed by atoms with Gasteiger partial charge < -0.3 is 4.57 Å². The van der Waals surface area contributed by atoms with Crippen LogP contribution in [0.25, 0.3) is 11.0 Å². The first-order valence-electron chi connectivity index (χ1n) is 8.34. The van der Waals surface area contributed by atoms with Gasteiger partial charge in [-0.2, -0.15) is 5.10 Å². The van der Waals surface area contributed by atoms with Crippen molar-refractivity contribution in [3.8, 4) is 0 Å². The SMILES string of the molecule is Cc1cnn(C[C@@H]2CCCN2Cc2nc3ccccc3n2C)c1. The maximum absolute atomic E-state index is 4.82. The number of para-hydroxylation sites is 2. The largest absolute Gasteiger partial charge is 0.330 e. The summed E-state index contributed by atoms with van der Waals surface area (Å²) in [7, 11) is 2.12. The van der Waals surface area contributed by atoms with Crippen molar-refractivity contribution in [1.82, 2.24) is 24.2 Å². The van der Waals surface area contributed by atoms with Gasteiger partial charge in [0, 0.05) is 19.3 Å². The first-order chi connectivity index (χ1) is 11.2. The molecule has 5 heteroatoms. The van der Waals surface area contributed by atoms with Gasteiger partial charge >= 0.3 is 0 Å². The number of aromatic nitrogens is 4. The van der Waals surface area contributed by atoms with E-state index in [0.29, 0.717) is 6.04 Å². The molecule has 1 aliphatic heterocycles. The van der Waals surface area contributed by atoms with Crippen LogP contribution in [-0.4, -0.2) is 36.8 Å². The molecule has 120 valence electrons. The Hall–Kier alpha value is -2.14. The van der Waals surface area contributed by atoms with Crippen molar-refractivity contribution < 1.29 is 0 Å². The molecule has 23 heavy (non-hydrogen) atoms. The van der Waals surface area contributed by atoms with Crippen LogP contribution in [-0.2, 0) is 20.1 Å². The molecule has 1 aromatic carbocycles. The molecule has 1 saturated heterocycles. The highest BCUT2D eigenvalue weighted by Crippen LogP contribution is 2.23. The van der Waals surface area contributed by atoms with Gasteiger partial charge in [0.25, 0.3) is 0 Å². The van der Waals surface area contributed by atoms with Crippen LogP contribution >= 0.6 is 0 Å². The van der Waals surface area contributed by atoms with Gasteiger partial charge in [-0.3, -0.25) is 9.58 Å². The van der Waals surface area contributed by atoms with E-state index in [0.717, 1.165) is 31.0 Å². The molecule has 5 nitrogen and oxygen atoms in total. The van der Waals surface area contributed by atoms with Gasteiger partial charge in [0.15, 0.2) is 0 Å². The number of aryl methyl sites for hydroxylation is 2. The number of fused-ring (bicyclic) bond motifs is 1. The highest BCUT2D eigenvalue weighted by Gasteiger charge is 2.26. The minimum absolute atomic E-state index is 0.550. The van der Waals surface area contributed by atoms with E-state index < -0.39 is 0 Å². The minimum Gasteiger partial charge on any atom is -0.330 e. The maximum Gasteiger partial charge on any atom is 0.123 e. The van der Waals surface area contributed by atoms with Crippen molar-refractivity contribution in [1.29, 1.82) is 0 Å². The van der Waals surface area contributed by atoms with E-state index >= 15 is 0 Å². The Morgan fingerprint density at radius 1 is 1.26 bits per heavy atom. The summed E-state index contributed by atoms with van der Waals surface area (Å²) in [6.45, 7) is 5.12. The summed E-state index contributed by atoms with van der Waals surface area (Å²) in [6, 6.07) is 8.91. The average Bonchev–Trinajstić information content (AvgIpc) is 3.23. The van der Waals surface area contributed by atoms with Crippen LogP contribution in [0.15, 0.2) is 36.7 Å². The van der Waals surface area contributed by atoms with Crippen LogP contribution in [0, 0.1) is 6.92 Å². The van der Waals surface area contributed by atoms with E-state index in [1.54, 1.807) is 0 Å². The van der Waals surface area contributed by atoms with Crippen LogP contribution in [0.4, 0.5) is 0 Å². The van der Waals surface area contributed by atoms with Crippen molar-refractivity contribution >= 4 is 11.0 Å². The summed E-state index contributed by atoms with van der Waals surface area (Å²) in [4.78, 5) is 7.37. The average molecular weight is 309 g/mol. The normalized spacial score (nSPS) is 19.0. The van der Waals surface area contributed by atoms with Crippen LogP contribution < -0.4 is 0 Å². The van der Waals surface area contributed by atoms with Crippen molar-refractivity contribution in [2.45, 2.75) is 38.9 Å². The van der Waals surface area contributed by atoms with Crippen LogP contribution in [0.3, 0.4) is 0 Å². The number of nitrogens with zero attached hydrogens (tertiary/aromatic N) is 5. The van der Waals surface area contributed by atoms with Crippen molar-refractivity contribution in [3.05, 3.63) is 48.0 Å². The number of rotatable bonds is 4. The van der Waals surface area contributed by atoms with E-state index in [-0.39, 0.29) is 0 Å². The fraction of sp³-hybridized carbons (Fsp3) is 0.444. The van der Waals surface area contributed by atoms with E-state index in [2.05, 4.69) is 63.7 Å². The van der Waals surface area contributed by atoms with E-state index in [9.17, 15) is 0 Å². The predicted octanol–water partition coefficient (Wildman–Crippen LogP) is 2.74. The monoisotopic (exact) mass is 309 g/mol. The zero-order chi connectivity index (χ0) is 15.8. The molecular weight excluding hydrogens is 286 g/mol.